The number of aromatic nitrogens is 1. The normalized spacial score (nSPS) is 21.2. The van der Waals surface area contributed by atoms with Gasteiger partial charge in [-0.2, -0.15) is 0 Å². The van der Waals surface area contributed by atoms with Crippen LogP contribution in [0.25, 0.3) is 0 Å². The van der Waals surface area contributed by atoms with E-state index < -0.39 is 0 Å². The largest absolute Gasteiger partial charge is 0.348 e. The number of hydrogen-bond donors (Lipinski definition) is 1. The zero-order chi connectivity index (χ0) is 15.7. The number of halogens is 2. The van der Waals surface area contributed by atoms with Crippen molar-refractivity contribution in [2.75, 3.05) is 0 Å². The number of carbonyl (C=O) groups excluding carboxylic acids is 1. The van der Waals surface area contributed by atoms with E-state index in [1.54, 1.807) is 12.3 Å². The molecule has 1 aromatic heterocycles. The van der Waals surface area contributed by atoms with Crippen molar-refractivity contribution in [1.82, 2.24) is 10.3 Å². The van der Waals surface area contributed by atoms with Crippen LogP contribution in [-0.2, 0) is 4.79 Å². The van der Waals surface area contributed by atoms with Gasteiger partial charge in [0.05, 0.1) is 16.8 Å². The Labute approximate surface area is 139 Å². The molecule has 3 atom stereocenters. The molecule has 0 saturated heterocycles. The molecule has 2 aromatic rings. The molecule has 1 heterocycles. The summed E-state index contributed by atoms with van der Waals surface area (Å²) in [5.41, 5.74) is 1.98. The monoisotopic (exact) mass is 334 g/mol. The van der Waals surface area contributed by atoms with E-state index in [1.165, 1.54) is 5.56 Å². The molecule has 3 rings (SSSR count). The number of amides is 1. The van der Waals surface area contributed by atoms with Gasteiger partial charge in [0.2, 0.25) is 5.91 Å². The van der Waals surface area contributed by atoms with Crippen molar-refractivity contribution in [1.29, 1.82) is 0 Å². The molecule has 0 unspecified atom stereocenters. The highest BCUT2D eigenvalue weighted by Gasteiger charge is 2.44. The average molecular weight is 335 g/mol. The maximum Gasteiger partial charge on any atom is 0.224 e. The standard InChI is InChI=1S/C17H16Cl2N2O/c1-10(16-7-6-13(19)9-20-16)21-17(22)15-8-14(15)11-2-4-12(18)5-3-11/h2-7,9-10,14-15H,8H2,1H3,(H,21,22)/t10-,14-,15+/m0/s1. The summed E-state index contributed by atoms with van der Waals surface area (Å²) >= 11 is 11.7. The van der Waals surface area contributed by atoms with Gasteiger partial charge < -0.3 is 5.32 Å². The Balaban J connectivity index is 1.59. The third kappa shape index (κ3) is 3.42. The lowest BCUT2D eigenvalue weighted by molar-refractivity contribution is -0.123. The van der Waals surface area contributed by atoms with Gasteiger partial charge in [-0.3, -0.25) is 9.78 Å². The van der Waals surface area contributed by atoms with Gasteiger partial charge in [0.25, 0.3) is 0 Å². The number of pyridine rings is 1. The Hall–Kier alpha value is -1.58. The molecule has 0 spiro atoms. The molecule has 0 bridgehead atoms. The first kappa shape index (κ1) is 15.3. The number of rotatable bonds is 4. The maximum absolute atomic E-state index is 12.3. The van der Waals surface area contributed by atoms with Crippen LogP contribution in [0.15, 0.2) is 42.6 Å². The molecule has 1 N–H and O–H groups in total. The molecule has 0 radical (unpaired) electrons. The van der Waals surface area contributed by atoms with Crippen LogP contribution < -0.4 is 5.32 Å². The van der Waals surface area contributed by atoms with Gasteiger partial charge in [0.15, 0.2) is 0 Å². The van der Waals surface area contributed by atoms with Gasteiger partial charge in [-0.1, -0.05) is 35.3 Å². The third-order valence-corrected chi connectivity index (χ3v) is 4.45. The maximum atomic E-state index is 12.3. The lowest BCUT2D eigenvalue weighted by Gasteiger charge is -2.13. The summed E-state index contributed by atoms with van der Waals surface area (Å²) in [6.45, 7) is 1.92. The average Bonchev–Trinajstić information content (AvgIpc) is 3.29. The van der Waals surface area contributed by atoms with Crippen molar-refractivity contribution in [3.05, 3.63) is 63.9 Å². The molecule has 3 nitrogen and oxygen atoms in total. The molecule has 1 aliphatic rings. The molecule has 5 heteroatoms. The van der Waals surface area contributed by atoms with Crippen molar-refractivity contribution in [3.63, 3.8) is 0 Å². The third-order valence-electron chi connectivity index (χ3n) is 3.98. The van der Waals surface area contributed by atoms with E-state index in [-0.39, 0.29) is 17.9 Å². The summed E-state index contributed by atoms with van der Waals surface area (Å²) in [4.78, 5) is 16.6. The van der Waals surface area contributed by atoms with Gasteiger partial charge >= 0.3 is 0 Å². The number of hydrogen-bond acceptors (Lipinski definition) is 2. The molecule has 1 aliphatic carbocycles. The topological polar surface area (TPSA) is 42.0 Å². The van der Waals surface area contributed by atoms with E-state index in [2.05, 4.69) is 10.3 Å². The van der Waals surface area contributed by atoms with Crippen LogP contribution in [0.5, 0.6) is 0 Å². The van der Waals surface area contributed by atoms with Gasteiger partial charge in [-0.25, -0.2) is 0 Å². The first-order valence-corrected chi connectivity index (χ1v) is 7.97. The van der Waals surface area contributed by atoms with Crippen LogP contribution in [0.4, 0.5) is 0 Å². The number of benzene rings is 1. The molecule has 114 valence electrons. The highest BCUT2D eigenvalue weighted by atomic mass is 35.5. The Morgan fingerprint density at radius 1 is 1.18 bits per heavy atom. The second kappa shape index (κ2) is 6.27. The van der Waals surface area contributed by atoms with Crippen LogP contribution in [0, 0.1) is 5.92 Å². The molecule has 0 aliphatic heterocycles. The summed E-state index contributed by atoms with van der Waals surface area (Å²) in [6, 6.07) is 11.2. The number of nitrogens with zero attached hydrogens (tertiary/aromatic N) is 1. The van der Waals surface area contributed by atoms with E-state index >= 15 is 0 Å². The van der Waals surface area contributed by atoms with E-state index in [9.17, 15) is 4.79 Å². The van der Waals surface area contributed by atoms with Crippen molar-refractivity contribution in [2.24, 2.45) is 5.92 Å². The number of carbonyl (C=O) groups is 1. The summed E-state index contributed by atoms with van der Waals surface area (Å²) in [5, 5.41) is 4.32. The lowest BCUT2D eigenvalue weighted by atomic mass is 10.1. The fourth-order valence-electron chi connectivity index (χ4n) is 2.60. The summed E-state index contributed by atoms with van der Waals surface area (Å²) in [6.07, 6.45) is 2.47. The van der Waals surface area contributed by atoms with Gasteiger partial charge in [0.1, 0.15) is 0 Å². The van der Waals surface area contributed by atoms with E-state index in [0.29, 0.717) is 16.0 Å². The summed E-state index contributed by atoms with van der Waals surface area (Å²) in [7, 11) is 0. The second-order valence-corrected chi connectivity index (χ2v) is 6.50. The molecule has 1 fully saturated rings. The Morgan fingerprint density at radius 2 is 1.86 bits per heavy atom. The van der Waals surface area contributed by atoms with Gasteiger partial charge in [-0.05, 0) is 49.1 Å². The number of nitrogens with one attached hydrogen (secondary N) is 1. The Kier molecular flexibility index (Phi) is 4.37. The fraction of sp³-hybridized carbons (Fsp3) is 0.294. The summed E-state index contributed by atoms with van der Waals surface area (Å²) in [5.74, 6) is 0.405. The highest BCUT2D eigenvalue weighted by molar-refractivity contribution is 6.30. The SMILES string of the molecule is C[C@H](NC(=O)[C@@H]1C[C@H]1c1ccc(Cl)cc1)c1ccc(Cl)cn1. The molecular formula is C17H16Cl2N2O. The summed E-state index contributed by atoms with van der Waals surface area (Å²) < 4.78 is 0. The zero-order valence-electron chi connectivity index (χ0n) is 12.1. The molecule has 1 amide bonds. The minimum absolute atomic E-state index is 0.0379. The lowest BCUT2D eigenvalue weighted by Crippen LogP contribution is -2.28. The first-order chi connectivity index (χ1) is 10.5. The predicted molar refractivity (Wildman–Crippen MR) is 88.1 cm³/mol. The van der Waals surface area contributed by atoms with Crippen LogP contribution in [-0.4, -0.2) is 10.9 Å². The fourth-order valence-corrected chi connectivity index (χ4v) is 2.84. The molecule has 1 saturated carbocycles. The van der Waals surface area contributed by atoms with Crippen LogP contribution in [0.3, 0.4) is 0 Å². The van der Waals surface area contributed by atoms with Crippen molar-refractivity contribution in [3.8, 4) is 0 Å². The minimum atomic E-state index is -0.128. The van der Waals surface area contributed by atoms with Crippen LogP contribution in [0.2, 0.25) is 10.0 Å². The van der Waals surface area contributed by atoms with E-state index in [4.69, 9.17) is 23.2 Å². The van der Waals surface area contributed by atoms with Crippen molar-refractivity contribution in [2.45, 2.75) is 25.3 Å². The first-order valence-electron chi connectivity index (χ1n) is 7.22. The molecule has 22 heavy (non-hydrogen) atoms. The molecule has 1 aromatic carbocycles. The van der Waals surface area contributed by atoms with Crippen molar-refractivity contribution < 1.29 is 4.79 Å². The smallest absolute Gasteiger partial charge is 0.224 e. The highest BCUT2D eigenvalue weighted by Crippen LogP contribution is 2.47. The van der Waals surface area contributed by atoms with Gasteiger partial charge in [0, 0.05) is 17.1 Å². The van der Waals surface area contributed by atoms with E-state index in [1.807, 2.05) is 37.3 Å². The van der Waals surface area contributed by atoms with Crippen LogP contribution >= 0.6 is 23.2 Å². The zero-order valence-corrected chi connectivity index (χ0v) is 13.6. The van der Waals surface area contributed by atoms with E-state index in [0.717, 1.165) is 12.1 Å². The Morgan fingerprint density at radius 3 is 2.50 bits per heavy atom. The van der Waals surface area contributed by atoms with Gasteiger partial charge in [-0.15, -0.1) is 0 Å². The predicted octanol–water partition coefficient (Wildman–Crippen LogP) is 4.37. The minimum Gasteiger partial charge on any atom is -0.348 e. The Bertz CT molecular complexity index is 670. The quantitative estimate of drug-likeness (QED) is 0.901. The van der Waals surface area contributed by atoms with Crippen molar-refractivity contribution >= 4 is 29.1 Å². The second-order valence-electron chi connectivity index (χ2n) is 5.63. The molecular weight excluding hydrogens is 319 g/mol. The van der Waals surface area contributed by atoms with Crippen LogP contribution in [0.1, 0.15) is 36.6 Å².